The normalized spacial score (nSPS) is 15.0. The molecule has 1 atom stereocenters. The van der Waals surface area contributed by atoms with Gasteiger partial charge < -0.3 is 15.0 Å². The van der Waals surface area contributed by atoms with E-state index in [9.17, 15) is 26.3 Å². The summed E-state index contributed by atoms with van der Waals surface area (Å²) < 4.78 is 82.7. The third kappa shape index (κ3) is 3.80. The SMILES string of the molecule is COCC(N)c1noc(C(C(F)(F)F)C(F)(F)F)n1. The van der Waals surface area contributed by atoms with E-state index in [0.717, 1.165) is 0 Å². The molecular weight excluding hydrogens is 284 g/mol. The van der Waals surface area contributed by atoms with Crippen LogP contribution in [-0.2, 0) is 4.74 Å². The molecule has 0 bridgehead atoms. The van der Waals surface area contributed by atoms with Crippen molar-refractivity contribution in [2.24, 2.45) is 5.73 Å². The summed E-state index contributed by atoms with van der Waals surface area (Å²) in [6.45, 7) is -0.179. The van der Waals surface area contributed by atoms with Gasteiger partial charge in [-0.05, 0) is 0 Å². The number of halogens is 6. The molecule has 0 amide bonds. The maximum Gasteiger partial charge on any atom is 0.409 e. The Hall–Kier alpha value is -1.36. The zero-order valence-corrected chi connectivity index (χ0v) is 9.42. The second kappa shape index (κ2) is 5.33. The molecule has 0 saturated carbocycles. The third-order valence-electron chi connectivity index (χ3n) is 2.04. The van der Waals surface area contributed by atoms with E-state index in [2.05, 4.69) is 19.4 Å². The lowest BCUT2D eigenvalue weighted by Gasteiger charge is -2.19. The highest BCUT2D eigenvalue weighted by atomic mass is 19.4. The van der Waals surface area contributed by atoms with Gasteiger partial charge in [0.15, 0.2) is 5.82 Å². The second-order valence-corrected chi connectivity index (χ2v) is 3.57. The van der Waals surface area contributed by atoms with Gasteiger partial charge in [0.1, 0.15) is 0 Å². The molecule has 5 nitrogen and oxygen atoms in total. The van der Waals surface area contributed by atoms with E-state index in [1.807, 2.05) is 0 Å². The number of ether oxygens (including phenoxy) is 1. The summed E-state index contributed by atoms with van der Waals surface area (Å²) in [5.41, 5.74) is 5.36. The van der Waals surface area contributed by atoms with Crippen LogP contribution in [0.15, 0.2) is 4.52 Å². The van der Waals surface area contributed by atoms with Gasteiger partial charge in [-0.3, -0.25) is 0 Å². The maximum atomic E-state index is 12.4. The third-order valence-corrected chi connectivity index (χ3v) is 2.04. The molecular formula is C8H9F6N3O2. The van der Waals surface area contributed by atoms with Crippen LogP contribution in [0, 0.1) is 0 Å². The lowest BCUT2D eigenvalue weighted by Crippen LogP contribution is -2.34. The zero-order chi connectivity index (χ0) is 14.8. The lowest BCUT2D eigenvalue weighted by atomic mass is 10.1. The quantitative estimate of drug-likeness (QED) is 0.858. The lowest BCUT2D eigenvalue weighted by molar-refractivity contribution is -0.259. The van der Waals surface area contributed by atoms with Gasteiger partial charge in [0.2, 0.25) is 11.8 Å². The molecule has 2 N–H and O–H groups in total. The van der Waals surface area contributed by atoms with Crippen LogP contribution in [0.5, 0.6) is 0 Å². The maximum absolute atomic E-state index is 12.4. The van der Waals surface area contributed by atoms with Gasteiger partial charge in [-0.25, -0.2) is 0 Å². The monoisotopic (exact) mass is 293 g/mol. The van der Waals surface area contributed by atoms with E-state index < -0.39 is 36.0 Å². The highest BCUT2D eigenvalue weighted by molar-refractivity contribution is 5.03. The highest BCUT2D eigenvalue weighted by Gasteiger charge is 2.60. The van der Waals surface area contributed by atoms with E-state index >= 15 is 0 Å². The minimum Gasteiger partial charge on any atom is -0.383 e. The van der Waals surface area contributed by atoms with Crippen molar-refractivity contribution in [3.63, 3.8) is 0 Å². The Kier molecular flexibility index (Phi) is 4.40. The van der Waals surface area contributed by atoms with Crippen LogP contribution in [0.4, 0.5) is 26.3 Å². The number of rotatable bonds is 4. The summed E-state index contributed by atoms with van der Waals surface area (Å²) in [7, 11) is 1.25. The van der Waals surface area contributed by atoms with Crippen molar-refractivity contribution in [3.8, 4) is 0 Å². The molecule has 0 fully saturated rings. The summed E-state index contributed by atoms with van der Waals surface area (Å²) in [6, 6.07) is -1.08. The molecule has 0 spiro atoms. The van der Waals surface area contributed by atoms with Crippen molar-refractivity contribution in [2.45, 2.75) is 24.3 Å². The Morgan fingerprint density at radius 1 is 1.21 bits per heavy atom. The van der Waals surface area contributed by atoms with Crippen molar-refractivity contribution in [1.82, 2.24) is 10.1 Å². The Bertz CT molecular complexity index is 401. The van der Waals surface area contributed by atoms with Crippen molar-refractivity contribution in [2.75, 3.05) is 13.7 Å². The molecule has 0 aromatic carbocycles. The zero-order valence-electron chi connectivity index (χ0n) is 9.42. The van der Waals surface area contributed by atoms with Crippen molar-refractivity contribution in [3.05, 3.63) is 11.7 Å². The molecule has 11 heteroatoms. The van der Waals surface area contributed by atoms with E-state index in [-0.39, 0.29) is 6.61 Å². The molecule has 1 heterocycles. The molecule has 1 unspecified atom stereocenters. The Labute approximate surface area is 102 Å². The number of nitrogens with two attached hydrogens (primary N) is 1. The number of nitrogens with zero attached hydrogens (tertiary/aromatic N) is 2. The smallest absolute Gasteiger partial charge is 0.383 e. The molecule has 0 aliphatic heterocycles. The van der Waals surface area contributed by atoms with Crippen molar-refractivity contribution >= 4 is 0 Å². The largest absolute Gasteiger partial charge is 0.409 e. The summed E-state index contributed by atoms with van der Waals surface area (Å²) in [5.74, 6) is -5.92. The molecule has 0 aliphatic rings. The van der Waals surface area contributed by atoms with E-state index in [0.29, 0.717) is 0 Å². The number of hydrogen-bond acceptors (Lipinski definition) is 5. The van der Waals surface area contributed by atoms with Crippen LogP contribution in [0.1, 0.15) is 23.7 Å². The fraction of sp³-hybridized carbons (Fsp3) is 0.750. The molecule has 1 rings (SSSR count). The number of methoxy groups -OCH3 is 1. The molecule has 0 aliphatic carbocycles. The summed E-state index contributed by atoms with van der Waals surface area (Å²) in [5, 5.41) is 2.99. The summed E-state index contributed by atoms with van der Waals surface area (Å²) in [6.07, 6.45) is -11.2. The van der Waals surface area contributed by atoms with Crippen LogP contribution in [0.25, 0.3) is 0 Å². The van der Waals surface area contributed by atoms with Crippen molar-refractivity contribution < 1.29 is 35.6 Å². The molecule has 1 aromatic heterocycles. The number of alkyl halides is 6. The number of hydrogen-bond donors (Lipinski definition) is 1. The minimum absolute atomic E-state index is 0.179. The summed E-state index contributed by atoms with van der Waals surface area (Å²) in [4.78, 5) is 3.04. The van der Waals surface area contributed by atoms with Gasteiger partial charge in [-0.2, -0.15) is 31.3 Å². The van der Waals surface area contributed by atoms with Crippen LogP contribution >= 0.6 is 0 Å². The molecule has 110 valence electrons. The van der Waals surface area contributed by atoms with Gasteiger partial charge >= 0.3 is 12.4 Å². The molecule has 19 heavy (non-hydrogen) atoms. The van der Waals surface area contributed by atoms with Crippen LogP contribution in [0.3, 0.4) is 0 Å². The average Bonchev–Trinajstić information content (AvgIpc) is 2.62. The Morgan fingerprint density at radius 3 is 2.16 bits per heavy atom. The van der Waals surface area contributed by atoms with E-state index in [4.69, 9.17) is 5.73 Å². The van der Waals surface area contributed by atoms with Gasteiger partial charge in [0.05, 0.1) is 12.6 Å². The first kappa shape index (κ1) is 15.7. The van der Waals surface area contributed by atoms with Crippen LogP contribution in [0.2, 0.25) is 0 Å². The standard InChI is InChI=1S/C8H9F6N3O2/c1-18-2-3(15)5-16-6(19-17-5)4(7(9,10)11)8(12,13)14/h3-4H,2,15H2,1H3. The first-order valence-corrected chi connectivity index (χ1v) is 4.78. The first-order chi connectivity index (χ1) is 8.57. The Morgan fingerprint density at radius 2 is 1.74 bits per heavy atom. The van der Waals surface area contributed by atoms with Crippen LogP contribution in [-0.4, -0.2) is 36.2 Å². The van der Waals surface area contributed by atoms with Crippen molar-refractivity contribution in [1.29, 1.82) is 0 Å². The van der Waals surface area contributed by atoms with Gasteiger partial charge in [0, 0.05) is 7.11 Å². The molecule has 1 aromatic rings. The topological polar surface area (TPSA) is 74.2 Å². The predicted molar refractivity (Wildman–Crippen MR) is 48.0 cm³/mol. The second-order valence-electron chi connectivity index (χ2n) is 3.57. The van der Waals surface area contributed by atoms with Gasteiger partial charge in [-0.15, -0.1) is 0 Å². The number of aromatic nitrogens is 2. The van der Waals surface area contributed by atoms with Gasteiger partial charge in [-0.1, -0.05) is 5.16 Å². The minimum atomic E-state index is -5.59. The fourth-order valence-electron chi connectivity index (χ4n) is 1.23. The first-order valence-electron chi connectivity index (χ1n) is 4.78. The predicted octanol–water partition coefficient (Wildman–Crippen LogP) is 1.92. The van der Waals surface area contributed by atoms with Crippen LogP contribution < -0.4 is 5.73 Å². The van der Waals surface area contributed by atoms with Gasteiger partial charge in [0.25, 0.3) is 0 Å². The van der Waals surface area contributed by atoms with E-state index in [1.54, 1.807) is 0 Å². The molecule has 0 saturated heterocycles. The average molecular weight is 293 g/mol. The highest BCUT2D eigenvalue weighted by Crippen LogP contribution is 2.45. The van der Waals surface area contributed by atoms with E-state index in [1.165, 1.54) is 7.11 Å². The molecule has 0 radical (unpaired) electrons. The fourth-order valence-corrected chi connectivity index (χ4v) is 1.23. The Balaban J connectivity index is 3.06. The summed E-state index contributed by atoms with van der Waals surface area (Å²) >= 11 is 0.